The lowest BCUT2D eigenvalue weighted by Crippen LogP contribution is -2.42. The molecule has 2 aromatic carbocycles. The topological polar surface area (TPSA) is 41.9 Å². The van der Waals surface area contributed by atoms with Crippen LogP contribution in [0.1, 0.15) is 37.2 Å². The monoisotopic (exact) mass is 364 g/mol. The summed E-state index contributed by atoms with van der Waals surface area (Å²) in [6, 6.07) is 14.6. The van der Waals surface area contributed by atoms with Crippen LogP contribution in [0.4, 0.5) is 10.1 Å². The number of rotatable bonds is 3. The molecule has 2 heterocycles. The molecule has 0 radical (unpaired) electrons. The number of fused-ring (bicyclic) bond motifs is 3. The minimum Gasteiger partial charge on any atom is -0.489 e. The minimum atomic E-state index is -0.522. The lowest BCUT2D eigenvalue weighted by molar-refractivity contribution is -0.113. The van der Waals surface area contributed by atoms with Crippen molar-refractivity contribution in [3.05, 3.63) is 59.9 Å². The number of hydrogen-bond acceptors (Lipinski definition) is 4. The fourth-order valence-electron chi connectivity index (χ4n) is 4.83. The fraction of sp³-hybridized carbons (Fsp3) is 0.364. The maximum atomic E-state index is 13.9. The molecular weight excluding hydrogens is 343 g/mol. The van der Waals surface area contributed by atoms with Gasteiger partial charge in [-0.3, -0.25) is 5.01 Å². The Balaban J connectivity index is 1.67. The van der Waals surface area contributed by atoms with Gasteiger partial charge in [0, 0.05) is 6.07 Å². The molecular formula is C22H21FN2O2. The highest BCUT2D eigenvalue weighted by Gasteiger charge is 2.51. The lowest BCUT2D eigenvalue weighted by atomic mass is 9.73. The highest BCUT2D eigenvalue weighted by Crippen LogP contribution is 2.49. The Morgan fingerprint density at radius 1 is 1.15 bits per heavy atom. The van der Waals surface area contributed by atoms with E-state index in [0.717, 1.165) is 43.2 Å². The molecule has 0 saturated heterocycles. The predicted octanol–water partition coefficient (Wildman–Crippen LogP) is 4.31. The van der Waals surface area contributed by atoms with Crippen molar-refractivity contribution in [2.75, 3.05) is 11.6 Å². The van der Waals surface area contributed by atoms with Crippen molar-refractivity contribution in [1.29, 1.82) is 0 Å². The first kappa shape index (κ1) is 16.5. The summed E-state index contributed by atoms with van der Waals surface area (Å²) in [7, 11) is 0. The van der Waals surface area contributed by atoms with Crippen LogP contribution in [0.15, 0.2) is 53.6 Å². The third kappa shape index (κ3) is 2.48. The Morgan fingerprint density at radius 2 is 1.93 bits per heavy atom. The van der Waals surface area contributed by atoms with Gasteiger partial charge >= 0.3 is 0 Å². The van der Waals surface area contributed by atoms with Crippen LogP contribution >= 0.6 is 0 Å². The van der Waals surface area contributed by atoms with Crippen LogP contribution in [0.2, 0.25) is 0 Å². The molecule has 27 heavy (non-hydrogen) atoms. The van der Waals surface area contributed by atoms with Gasteiger partial charge in [-0.2, -0.15) is 5.10 Å². The molecule has 2 atom stereocenters. The Kier molecular flexibility index (Phi) is 3.78. The molecule has 1 fully saturated rings. The van der Waals surface area contributed by atoms with Gasteiger partial charge in [0.05, 0.1) is 23.1 Å². The summed E-state index contributed by atoms with van der Waals surface area (Å²) >= 11 is 0. The van der Waals surface area contributed by atoms with Crippen molar-refractivity contribution in [1.82, 2.24) is 0 Å². The van der Waals surface area contributed by atoms with E-state index >= 15 is 0 Å². The predicted molar refractivity (Wildman–Crippen MR) is 102 cm³/mol. The molecule has 3 aliphatic rings. The maximum Gasteiger partial charge on any atom is 0.144 e. The SMILES string of the molecule is O=CC1(C2=NN3c4cc(F)ccc4OCC3[C@@H]2c2ccccc2)CCCC1. The van der Waals surface area contributed by atoms with E-state index in [9.17, 15) is 9.18 Å². The molecule has 5 heteroatoms. The number of carbonyl (C=O) groups is 1. The van der Waals surface area contributed by atoms with Crippen molar-refractivity contribution in [2.45, 2.75) is 37.6 Å². The standard InChI is InChI=1S/C22H21FN2O2/c23-16-8-9-19-17(12-16)25-18(13-27-19)20(15-6-2-1-3-7-15)21(24-25)22(14-26)10-4-5-11-22/h1-3,6-9,12,14,18,20H,4-5,10-11,13H2/t18?,20-/m0/s1. The quantitative estimate of drug-likeness (QED) is 0.763. The van der Waals surface area contributed by atoms with Crippen molar-refractivity contribution in [2.24, 2.45) is 10.5 Å². The first-order valence-electron chi connectivity index (χ1n) is 9.54. The van der Waals surface area contributed by atoms with E-state index in [-0.39, 0.29) is 17.8 Å². The highest BCUT2D eigenvalue weighted by molar-refractivity contribution is 6.08. The number of carbonyl (C=O) groups excluding carboxylic acids is 1. The average molecular weight is 364 g/mol. The molecule has 0 amide bonds. The molecule has 1 aliphatic carbocycles. The number of nitrogens with zero attached hydrogens (tertiary/aromatic N) is 2. The number of halogens is 1. The van der Waals surface area contributed by atoms with Crippen molar-refractivity contribution in [3.8, 4) is 5.75 Å². The average Bonchev–Trinajstić information content (AvgIpc) is 3.34. The molecule has 2 aliphatic heterocycles. The summed E-state index contributed by atoms with van der Waals surface area (Å²) in [5.74, 6) is 0.283. The minimum absolute atomic E-state index is 0.0362. The number of hydrogen-bond donors (Lipinski definition) is 0. The number of aldehydes is 1. The van der Waals surface area contributed by atoms with Crippen molar-refractivity contribution < 1.29 is 13.9 Å². The fourth-order valence-corrected chi connectivity index (χ4v) is 4.83. The third-order valence-corrected chi connectivity index (χ3v) is 6.18. The van der Waals surface area contributed by atoms with Gasteiger partial charge in [-0.1, -0.05) is 43.2 Å². The molecule has 1 unspecified atom stereocenters. The molecule has 0 spiro atoms. The second-order valence-corrected chi connectivity index (χ2v) is 7.69. The van der Waals surface area contributed by atoms with E-state index < -0.39 is 5.41 Å². The number of ether oxygens (including phenoxy) is 1. The zero-order chi connectivity index (χ0) is 18.4. The Morgan fingerprint density at radius 3 is 2.67 bits per heavy atom. The summed E-state index contributed by atoms with van der Waals surface area (Å²) in [6.07, 6.45) is 4.82. The summed E-state index contributed by atoms with van der Waals surface area (Å²) < 4.78 is 19.9. The van der Waals surface area contributed by atoms with E-state index in [1.807, 2.05) is 23.2 Å². The van der Waals surface area contributed by atoms with E-state index in [1.54, 1.807) is 6.07 Å². The summed E-state index contributed by atoms with van der Waals surface area (Å²) in [4.78, 5) is 12.2. The first-order chi connectivity index (χ1) is 13.2. The Hall–Kier alpha value is -2.69. The lowest BCUT2D eigenvalue weighted by Gasteiger charge is -2.34. The second-order valence-electron chi connectivity index (χ2n) is 7.69. The van der Waals surface area contributed by atoms with Crippen LogP contribution in [-0.2, 0) is 4.79 Å². The second kappa shape index (κ2) is 6.19. The molecule has 138 valence electrons. The highest BCUT2D eigenvalue weighted by atomic mass is 19.1. The van der Waals surface area contributed by atoms with Crippen LogP contribution < -0.4 is 9.75 Å². The van der Waals surface area contributed by atoms with Gasteiger partial charge < -0.3 is 9.53 Å². The molecule has 4 nitrogen and oxygen atoms in total. The molecule has 0 aromatic heterocycles. The van der Waals surface area contributed by atoms with Gasteiger partial charge in [0.1, 0.15) is 30.1 Å². The maximum absolute atomic E-state index is 13.9. The smallest absolute Gasteiger partial charge is 0.144 e. The molecule has 1 saturated carbocycles. The van der Waals surface area contributed by atoms with E-state index in [1.165, 1.54) is 12.1 Å². The van der Waals surface area contributed by atoms with Gasteiger partial charge in [-0.05, 0) is 30.5 Å². The normalized spacial score (nSPS) is 25.4. The van der Waals surface area contributed by atoms with Crippen LogP contribution in [-0.4, -0.2) is 24.6 Å². The van der Waals surface area contributed by atoms with Gasteiger partial charge in [0.2, 0.25) is 0 Å². The van der Waals surface area contributed by atoms with Gasteiger partial charge in [0.25, 0.3) is 0 Å². The van der Waals surface area contributed by atoms with Crippen molar-refractivity contribution >= 4 is 17.7 Å². The van der Waals surface area contributed by atoms with Crippen molar-refractivity contribution in [3.63, 3.8) is 0 Å². The first-order valence-corrected chi connectivity index (χ1v) is 9.54. The molecule has 5 rings (SSSR count). The largest absolute Gasteiger partial charge is 0.489 e. The number of hydrazone groups is 1. The van der Waals surface area contributed by atoms with Crippen LogP contribution in [0.5, 0.6) is 5.75 Å². The number of benzene rings is 2. The Labute approximate surface area is 157 Å². The number of anilines is 1. The van der Waals surface area contributed by atoms with Crippen LogP contribution in [0.3, 0.4) is 0 Å². The zero-order valence-electron chi connectivity index (χ0n) is 15.0. The molecule has 0 N–H and O–H groups in total. The van der Waals surface area contributed by atoms with Crippen LogP contribution in [0.25, 0.3) is 0 Å². The van der Waals surface area contributed by atoms with E-state index in [2.05, 4.69) is 12.1 Å². The molecule has 0 bridgehead atoms. The van der Waals surface area contributed by atoms with E-state index in [0.29, 0.717) is 18.0 Å². The summed E-state index contributed by atoms with van der Waals surface area (Å²) in [5, 5.41) is 6.83. The van der Waals surface area contributed by atoms with Crippen LogP contribution in [0, 0.1) is 11.2 Å². The summed E-state index contributed by atoms with van der Waals surface area (Å²) in [6.45, 7) is 0.458. The molecule has 2 aromatic rings. The van der Waals surface area contributed by atoms with E-state index in [4.69, 9.17) is 9.84 Å². The summed E-state index contributed by atoms with van der Waals surface area (Å²) in [5.41, 5.74) is 2.15. The Bertz CT molecular complexity index is 906. The van der Waals surface area contributed by atoms with Gasteiger partial charge in [0.15, 0.2) is 0 Å². The third-order valence-electron chi connectivity index (χ3n) is 6.18. The zero-order valence-corrected chi connectivity index (χ0v) is 15.0. The van der Waals surface area contributed by atoms with Gasteiger partial charge in [-0.25, -0.2) is 4.39 Å². The van der Waals surface area contributed by atoms with Gasteiger partial charge in [-0.15, -0.1) is 0 Å².